The van der Waals surface area contributed by atoms with Crippen LogP contribution < -0.4 is 5.32 Å². The smallest absolute Gasteiger partial charge is 0.230 e. The van der Waals surface area contributed by atoms with Crippen molar-refractivity contribution < 1.29 is 13.6 Å². The number of amides is 1. The van der Waals surface area contributed by atoms with E-state index >= 15 is 0 Å². The van der Waals surface area contributed by atoms with Gasteiger partial charge in [0.05, 0.1) is 10.2 Å². The van der Waals surface area contributed by atoms with Crippen LogP contribution in [0.15, 0.2) is 16.6 Å². The molecular weight excluding hydrogens is 324 g/mol. The van der Waals surface area contributed by atoms with Crippen LogP contribution in [0.1, 0.15) is 18.4 Å². The van der Waals surface area contributed by atoms with Crippen molar-refractivity contribution in [2.75, 3.05) is 5.75 Å². The van der Waals surface area contributed by atoms with E-state index in [-0.39, 0.29) is 27.4 Å². The first-order valence-corrected chi connectivity index (χ1v) is 7.52. The predicted molar refractivity (Wildman–Crippen MR) is 71.4 cm³/mol. The molecule has 1 N–H and O–H groups in total. The fourth-order valence-electron chi connectivity index (χ4n) is 1.44. The molecule has 18 heavy (non-hydrogen) atoms. The maximum absolute atomic E-state index is 13.6. The highest BCUT2D eigenvalue weighted by atomic mass is 79.9. The fourth-order valence-corrected chi connectivity index (χ4v) is 2.66. The van der Waals surface area contributed by atoms with Gasteiger partial charge in [-0.2, -0.15) is 0 Å². The molecule has 0 aliphatic heterocycles. The zero-order chi connectivity index (χ0) is 13.1. The summed E-state index contributed by atoms with van der Waals surface area (Å²) in [6.45, 7) is 0. The Labute approximate surface area is 117 Å². The molecule has 1 fully saturated rings. The molecule has 6 heteroatoms. The Bertz CT molecular complexity index is 466. The van der Waals surface area contributed by atoms with Gasteiger partial charge in [-0.05, 0) is 40.9 Å². The average Bonchev–Trinajstić information content (AvgIpc) is 3.12. The summed E-state index contributed by atoms with van der Waals surface area (Å²) < 4.78 is 27.2. The quantitative estimate of drug-likeness (QED) is 0.837. The number of hydrogen-bond donors (Lipinski definition) is 1. The first-order chi connectivity index (χ1) is 8.58. The van der Waals surface area contributed by atoms with Crippen LogP contribution in [0, 0.1) is 11.6 Å². The van der Waals surface area contributed by atoms with Crippen LogP contribution in [0.25, 0.3) is 0 Å². The standard InChI is InChI=1S/C12H12BrF2NOS/c13-9-3-4-10(14)8(12(9)15)5-18-6-11(17)16-7-1-2-7/h3-4,7H,1-2,5-6H2,(H,16,17). The van der Waals surface area contributed by atoms with E-state index in [1.807, 2.05) is 0 Å². The largest absolute Gasteiger partial charge is 0.353 e. The number of carbonyl (C=O) groups excluding carboxylic acids is 1. The van der Waals surface area contributed by atoms with Crippen LogP contribution in [0.3, 0.4) is 0 Å². The van der Waals surface area contributed by atoms with E-state index in [1.54, 1.807) is 0 Å². The molecule has 0 heterocycles. The van der Waals surface area contributed by atoms with Gasteiger partial charge in [0.2, 0.25) is 5.91 Å². The van der Waals surface area contributed by atoms with Gasteiger partial charge >= 0.3 is 0 Å². The molecule has 98 valence electrons. The minimum atomic E-state index is -0.592. The third kappa shape index (κ3) is 3.68. The molecule has 1 aromatic rings. The molecule has 1 saturated carbocycles. The number of nitrogens with one attached hydrogen (secondary N) is 1. The predicted octanol–water partition coefficient (Wildman–Crippen LogP) is 3.24. The number of carbonyl (C=O) groups is 1. The van der Waals surface area contributed by atoms with Crippen molar-refractivity contribution in [2.45, 2.75) is 24.6 Å². The SMILES string of the molecule is O=C(CSCc1c(F)ccc(Br)c1F)NC1CC1. The molecule has 1 aliphatic carbocycles. The van der Waals surface area contributed by atoms with Crippen molar-refractivity contribution in [3.05, 3.63) is 33.8 Å². The lowest BCUT2D eigenvalue weighted by Crippen LogP contribution is -2.27. The maximum atomic E-state index is 13.6. The molecule has 1 amide bonds. The van der Waals surface area contributed by atoms with E-state index in [2.05, 4.69) is 21.2 Å². The Balaban J connectivity index is 1.85. The zero-order valence-electron chi connectivity index (χ0n) is 9.51. The first kappa shape index (κ1) is 13.8. The maximum Gasteiger partial charge on any atom is 0.230 e. The topological polar surface area (TPSA) is 29.1 Å². The summed E-state index contributed by atoms with van der Waals surface area (Å²) in [5, 5.41) is 2.82. The number of halogens is 3. The minimum absolute atomic E-state index is 0.00796. The molecular formula is C12H12BrF2NOS. The Kier molecular flexibility index (Phi) is 4.61. The van der Waals surface area contributed by atoms with E-state index in [4.69, 9.17) is 0 Å². The Morgan fingerprint density at radius 2 is 2.17 bits per heavy atom. The molecule has 0 aromatic heterocycles. The van der Waals surface area contributed by atoms with Gasteiger partial charge in [0.25, 0.3) is 0 Å². The fraction of sp³-hybridized carbons (Fsp3) is 0.417. The molecule has 0 spiro atoms. The van der Waals surface area contributed by atoms with Crippen molar-refractivity contribution in [3.63, 3.8) is 0 Å². The second kappa shape index (κ2) is 6.02. The van der Waals surface area contributed by atoms with E-state index < -0.39 is 11.6 Å². The van der Waals surface area contributed by atoms with Gasteiger partial charge in [0.15, 0.2) is 0 Å². The molecule has 0 atom stereocenters. The van der Waals surface area contributed by atoms with E-state index in [0.717, 1.165) is 12.8 Å². The Morgan fingerprint density at radius 3 is 2.83 bits per heavy atom. The lowest BCUT2D eigenvalue weighted by atomic mass is 10.2. The number of hydrogen-bond acceptors (Lipinski definition) is 2. The van der Waals surface area contributed by atoms with Crippen molar-refractivity contribution in [3.8, 4) is 0 Å². The average molecular weight is 336 g/mol. The summed E-state index contributed by atoms with van der Waals surface area (Å²) in [7, 11) is 0. The van der Waals surface area contributed by atoms with Crippen molar-refractivity contribution in [1.29, 1.82) is 0 Å². The van der Waals surface area contributed by atoms with Gasteiger partial charge in [-0.3, -0.25) is 4.79 Å². The highest BCUT2D eigenvalue weighted by Crippen LogP contribution is 2.25. The third-order valence-electron chi connectivity index (χ3n) is 2.56. The Hall–Kier alpha value is -0.620. The second-order valence-corrected chi connectivity index (χ2v) is 6.00. The molecule has 0 unspecified atom stereocenters. The summed E-state index contributed by atoms with van der Waals surface area (Å²) in [5.41, 5.74) is 0.00796. The van der Waals surface area contributed by atoms with Crippen molar-refractivity contribution in [1.82, 2.24) is 5.32 Å². The van der Waals surface area contributed by atoms with Gasteiger partial charge in [-0.25, -0.2) is 8.78 Å². The molecule has 0 saturated heterocycles. The number of thioether (sulfide) groups is 1. The van der Waals surface area contributed by atoms with Crippen LogP contribution in [0.5, 0.6) is 0 Å². The van der Waals surface area contributed by atoms with E-state index in [0.29, 0.717) is 6.04 Å². The molecule has 1 aromatic carbocycles. The van der Waals surface area contributed by atoms with Gasteiger partial charge in [-0.1, -0.05) is 0 Å². The summed E-state index contributed by atoms with van der Waals surface area (Å²) in [6.07, 6.45) is 2.07. The monoisotopic (exact) mass is 335 g/mol. The lowest BCUT2D eigenvalue weighted by molar-refractivity contribution is -0.118. The summed E-state index contributed by atoms with van der Waals surface area (Å²) in [5.74, 6) is -0.869. The third-order valence-corrected chi connectivity index (χ3v) is 4.13. The highest BCUT2D eigenvalue weighted by Gasteiger charge is 2.23. The lowest BCUT2D eigenvalue weighted by Gasteiger charge is -2.06. The molecule has 0 radical (unpaired) electrons. The second-order valence-electron chi connectivity index (χ2n) is 4.16. The Morgan fingerprint density at radius 1 is 1.44 bits per heavy atom. The van der Waals surface area contributed by atoms with Gasteiger partial charge in [0.1, 0.15) is 11.6 Å². The summed E-state index contributed by atoms with van der Waals surface area (Å²) in [6, 6.07) is 2.86. The van der Waals surface area contributed by atoms with Crippen LogP contribution >= 0.6 is 27.7 Å². The van der Waals surface area contributed by atoms with Crippen LogP contribution in [-0.2, 0) is 10.5 Å². The zero-order valence-corrected chi connectivity index (χ0v) is 11.9. The van der Waals surface area contributed by atoms with Crippen LogP contribution in [0.4, 0.5) is 8.78 Å². The molecule has 2 rings (SSSR count). The van der Waals surface area contributed by atoms with E-state index in [9.17, 15) is 13.6 Å². The van der Waals surface area contributed by atoms with Crippen LogP contribution in [-0.4, -0.2) is 17.7 Å². The first-order valence-electron chi connectivity index (χ1n) is 5.57. The molecule has 2 nitrogen and oxygen atoms in total. The molecule has 0 bridgehead atoms. The molecule has 1 aliphatic rings. The van der Waals surface area contributed by atoms with Crippen molar-refractivity contribution >= 4 is 33.6 Å². The van der Waals surface area contributed by atoms with Gasteiger partial charge in [-0.15, -0.1) is 11.8 Å². The normalized spacial score (nSPS) is 14.6. The summed E-state index contributed by atoms with van der Waals surface area (Å²) >= 11 is 4.22. The number of benzene rings is 1. The van der Waals surface area contributed by atoms with Crippen LogP contribution in [0.2, 0.25) is 0 Å². The van der Waals surface area contributed by atoms with Gasteiger partial charge in [0, 0.05) is 17.4 Å². The van der Waals surface area contributed by atoms with E-state index in [1.165, 1.54) is 23.9 Å². The minimum Gasteiger partial charge on any atom is -0.353 e. The summed E-state index contributed by atoms with van der Waals surface area (Å²) in [4.78, 5) is 11.4. The van der Waals surface area contributed by atoms with Gasteiger partial charge < -0.3 is 5.32 Å². The highest BCUT2D eigenvalue weighted by molar-refractivity contribution is 9.10. The number of rotatable bonds is 5. The van der Waals surface area contributed by atoms with Crippen molar-refractivity contribution in [2.24, 2.45) is 0 Å².